The van der Waals surface area contributed by atoms with Gasteiger partial charge in [-0.1, -0.05) is 12.2 Å². The van der Waals surface area contributed by atoms with E-state index in [1.54, 1.807) is 15.9 Å². The van der Waals surface area contributed by atoms with Crippen molar-refractivity contribution in [1.29, 1.82) is 0 Å². The van der Waals surface area contributed by atoms with Gasteiger partial charge in [-0.25, -0.2) is 0 Å². The maximum Gasteiger partial charge on any atom is 0.363 e. The van der Waals surface area contributed by atoms with E-state index in [2.05, 4.69) is 6.58 Å². The van der Waals surface area contributed by atoms with Crippen LogP contribution in [0.3, 0.4) is 0 Å². The highest BCUT2D eigenvalue weighted by Gasteiger charge is 2.55. The van der Waals surface area contributed by atoms with E-state index < -0.39 is 23.1 Å². The Balaban J connectivity index is 2.63. The molecule has 5 heteroatoms. The molecule has 0 aromatic carbocycles. The molecule has 0 radical (unpaired) electrons. The van der Waals surface area contributed by atoms with Crippen molar-refractivity contribution in [2.75, 3.05) is 0 Å². The third-order valence-corrected chi connectivity index (χ3v) is 3.13. The second-order valence-electron chi connectivity index (χ2n) is 3.65. The monoisotopic (exact) mass is 274 g/mol. The van der Waals surface area contributed by atoms with Crippen LogP contribution in [0.5, 0.6) is 0 Å². The number of alkyl halides is 5. The number of rotatable bonds is 3. The summed E-state index contributed by atoms with van der Waals surface area (Å²) in [6, 6.07) is 0. The van der Waals surface area contributed by atoms with Crippen molar-refractivity contribution in [2.24, 2.45) is 5.92 Å². The summed E-state index contributed by atoms with van der Waals surface area (Å²) in [5.74, 6) is -4.46. The molecule has 14 heavy (non-hydrogen) atoms. The molecular formula is C9H11BrF4. The molecule has 0 heterocycles. The minimum Gasteiger partial charge on any atom is -0.199 e. The van der Waals surface area contributed by atoms with E-state index in [9.17, 15) is 17.6 Å². The van der Waals surface area contributed by atoms with Crippen LogP contribution in [0.25, 0.3) is 0 Å². The molecule has 1 rings (SSSR count). The first-order valence-corrected chi connectivity index (χ1v) is 5.15. The van der Waals surface area contributed by atoms with Gasteiger partial charge in [0.1, 0.15) is 0 Å². The van der Waals surface area contributed by atoms with Crippen molar-refractivity contribution >= 4 is 15.9 Å². The molecule has 0 aromatic heterocycles. The van der Waals surface area contributed by atoms with Crippen LogP contribution >= 0.6 is 15.9 Å². The highest BCUT2D eigenvalue weighted by Crippen LogP contribution is 2.46. The molecule has 0 bridgehead atoms. The van der Waals surface area contributed by atoms with E-state index in [-0.39, 0.29) is 0 Å². The third-order valence-electron chi connectivity index (χ3n) is 2.55. The normalized spacial score (nSPS) is 24.4. The second kappa shape index (κ2) is 3.83. The predicted molar refractivity (Wildman–Crippen MR) is 49.9 cm³/mol. The Hall–Kier alpha value is -0.0600. The van der Waals surface area contributed by atoms with Crippen molar-refractivity contribution in [3.8, 4) is 0 Å². The SMILES string of the molecule is C=C1CCCC1CC(F)(F)C(F)(F)Br. The summed E-state index contributed by atoms with van der Waals surface area (Å²) in [6.45, 7) is 3.61. The minimum atomic E-state index is -4.12. The molecule has 0 aromatic rings. The lowest BCUT2D eigenvalue weighted by molar-refractivity contribution is -0.156. The highest BCUT2D eigenvalue weighted by atomic mass is 79.9. The fraction of sp³-hybridized carbons (Fsp3) is 0.778. The molecule has 1 aliphatic carbocycles. The Kier molecular flexibility index (Phi) is 3.29. The van der Waals surface area contributed by atoms with Crippen molar-refractivity contribution in [2.45, 2.75) is 36.4 Å². The summed E-state index contributed by atoms with van der Waals surface area (Å²) in [5, 5.41) is 0. The summed E-state index contributed by atoms with van der Waals surface area (Å²) >= 11 is 1.71. The molecule has 0 saturated heterocycles. The van der Waals surface area contributed by atoms with Crippen LogP contribution in [0.2, 0.25) is 0 Å². The van der Waals surface area contributed by atoms with E-state index in [0.717, 1.165) is 6.42 Å². The van der Waals surface area contributed by atoms with Gasteiger partial charge in [0, 0.05) is 6.42 Å². The van der Waals surface area contributed by atoms with Crippen LogP contribution in [0.4, 0.5) is 17.6 Å². The molecule has 0 nitrogen and oxygen atoms in total. The van der Waals surface area contributed by atoms with Crippen LogP contribution < -0.4 is 0 Å². The predicted octanol–water partition coefficient (Wildman–Crippen LogP) is 4.36. The number of hydrogen-bond acceptors (Lipinski definition) is 0. The zero-order valence-corrected chi connectivity index (χ0v) is 9.09. The molecule has 1 aliphatic rings. The maximum absolute atomic E-state index is 12.9. The summed E-state index contributed by atoms with van der Waals surface area (Å²) in [5.41, 5.74) is 0.668. The van der Waals surface area contributed by atoms with Gasteiger partial charge >= 0.3 is 10.8 Å². The van der Waals surface area contributed by atoms with Crippen LogP contribution in [0.1, 0.15) is 25.7 Å². The summed E-state index contributed by atoms with van der Waals surface area (Å²) in [6.07, 6.45) is 1.17. The molecule has 0 spiro atoms. The van der Waals surface area contributed by atoms with Crippen molar-refractivity contribution < 1.29 is 17.6 Å². The van der Waals surface area contributed by atoms with Gasteiger partial charge in [-0.15, -0.1) is 0 Å². The fourth-order valence-electron chi connectivity index (χ4n) is 1.66. The largest absolute Gasteiger partial charge is 0.363 e. The summed E-state index contributed by atoms with van der Waals surface area (Å²) in [4.78, 5) is -4.12. The lowest BCUT2D eigenvalue weighted by atomic mass is 9.96. The topological polar surface area (TPSA) is 0 Å². The third kappa shape index (κ3) is 2.49. The zero-order chi connectivity index (χ0) is 11.0. The van der Waals surface area contributed by atoms with E-state index in [1.165, 1.54) is 0 Å². The maximum atomic E-state index is 12.9. The van der Waals surface area contributed by atoms with E-state index in [1.807, 2.05) is 0 Å². The van der Waals surface area contributed by atoms with Gasteiger partial charge in [-0.3, -0.25) is 0 Å². The smallest absolute Gasteiger partial charge is 0.199 e. The fourth-order valence-corrected chi connectivity index (χ4v) is 1.82. The van der Waals surface area contributed by atoms with E-state index in [4.69, 9.17) is 0 Å². The molecule has 0 amide bonds. The standard InChI is InChI=1S/C9H11BrF4/c1-6-3-2-4-7(6)5-8(11,12)9(10,13)14/h7H,1-5H2. The van der Waals surface area contributed by atoms with E-state index in [0.29, 0.717) is 18.4 Å². The average molecular weight is 275 g/mol. The zero-order valence-electron chi connectivity index (χ0n) is 7.50. The van der Waals surface area contributed by atoms with Crippen LogP contribution in [-0.2, 0) is 0 Å². The Morgan fingerprint density at radius 3 is 2.29 bits per heavy atom. The summed E-state index contributed by atoms with van der Waals surface area (Å²) < 4.78 is 50.7. The van der Waals surface area contributed by atoms with Crippen molar-refractivity contribution in [3.63, 3.8) is 0 Å². The number of allylic oxidation sites excluding steroid dienone is 1. The number of hydrogen-bond donors (Lipinski definition) is 0. The second-order valence-corrected chi connectivity index (χ2v) is 4.65. The average Bonchev–Trinajstić information content (AvgIpc) is 2.33. The van der Waals surface area contributed by atoms with Crippen LogP contribution in [-0.4, -0.2) is 10.8 Å². The van der Waals surface area contributed by atoms with E-state index >= 15 is 0 Å². The van der Waals surface area contributed by atoms with Crippen LogP contribution in [0, 0.1) is 5.92 Å². The van der Waals surface area contributed by atoms with Gasteiger partial charge < -0.3 is 0 Å². The van der Waals surface area contributed by atoms with Crippen LogP contribution in [0.15, 0.2) is 12.2 Å². The molecule has 0 aliphatic heterocycles. The van der Waals surface area contributed by atoms with Crippen molar-refractivity contribution in [1.82, 2.24) is 0 Å². The first-order valence-electron chi connectivity index (χ1n) is 4.36. The number of halogens is 5. The highest BCUT2D eigenvalue weighted by molar-refractivity contribution is 9.10. The van der Waals surface area contributed by atoms with Gasteiger partial charge in [0.05, 0.1) is 0 Å². The lowest BCUT2D eigenvalue weighted by Gasteiger charge is -2.24. The van der Waals surface area contributed by atoms with Crippen molar-refractivity contribution in [3.05, 3.63) is 12.2 Å². The Labute approximate surface area is 88.5 Å². The Morgan fingerprint density at radius 1 is 1.36 bits per heavy atom. The summed E-state index contributed by atoms with van der Waals surface area (Å²) in [7, 11) is 0. The van der Waals surface area contributed by atoms with Gasteiger partial charge in [0.25, 0.3) is 0 Å². The van der Waals surface area contributed by atoms with Gasteiger partial charge in [0.15, 0.2) is 0 Å². The quantitative estimate of drug-likeness (QED) is 0.408. The molecule has 1 saturated carbocycles. The van der Waals surface area contributed by atoms with Gasteiger partial charge in [-0.2, -0.15) is 17.6 Å². The first-order chi connectivity index (χ1) is 6.24. The lowest BCUT2D eigenvalue weighted by Crippen LogP contribution is -2.36. The molecular weight excluding hydrogens is 264 g/mol. The van der Waals surface area contributed by atoms with Gasteiger partial charge in [0.2, 0.25) is 0 Å². The minimum absolute atomic E-state index is 0.464. The molecule has 1 unspecified atom stereocenters. The van der Waals surface area contributed by atoms with Gasteiger partial charge in [-0.05, 0) is 41.1 Å². The first kappa shape index (κ1) is 12.0. The molecule has 1 atom stereocenters. The molecule has 82 valence electrons. The Morgan fingerprint density at radius 2 is 1.93 bits per heavy atom. The molecule has 0 N–H and O–H groups in total. The Bertz CT molecular complexity index is 231. The molecule has 1 fully saturated rings.